The molecule has 4 aliphatic heterocycles. The van der Waals surface area contributed by atoms with Gasteiger partial charge >= 0.3 is 0 Å². The Balaban J connectivity index is 1.33. The molecule has 0 radical (unpaired) electrons. The van der Waals surface area contributed by atoms with Gasteiger partial charge < -0.3 is 14.8 Å². The van der Waals surface area contributed by atoms with E-state index in [1.54, 1.807) is 5.57 Å². The number of hydrogen-bond acceptors (Lipinski definition) is 4. The summed E-state index contributed by atoms with van der Waals surface area (Å²) in [6.45, 7) is 9.71. The molecule has 4 rings (SSSR count). The van der Waals surface area contributed by atoms with Crippen molar-refractivity contribution < 1.29 is 9.47 Å². The molecule has 0 unspecified atom stereocenters. The maximum Gasteiger partial charge on any atom is 0.0653 e. The van der Waals surface area contributed by atoms with Gasteiger partial charge in [-0.1, -0.05) is 18.6 Å². The van der Waals surface area contributed by atoms with Gasteiger partial charge in [0.1, 0.15) is 0 Å². The topological polar surface area (TPSA) is 33.7 Å². The van der Waals surface area contributed by atoms with E-state index in [2.05, 4.69) is 23.2 Å². The van der Waals surface area contributed by atoms with E-state index < -0.39 is 0 Å². The zero-order chi connectivity index (χ0) is 15.8. The van der Waals surface area contributed by atoms with Gasteiger partial charge in [0.2, 0.25) is 0 Å². The van der Waals surface area contributed by atoms with Crippen LogP contribution in [0.25, 0.3) is 0 Å². The van der Waals surface area contributed by atoms with Crippen LogP contribution in [0.1, 0.15) is 45.4 Å². The molecule has 0 bridgehead atoms. The molecule has 23 heavy (non-hydrogen) atoms. The summed E-state index contributed by atoms with van der Waals surface area (Å²) in [6.07, 6.45) is 9.86. The van der Waals surface area contributed by atoms with Gasteiger partial charge in [0.05, 0.1) is 6.61 Å². The van der Waals surface area contributed by atoms with Crippen LogP contribution in [-0.2, 0) is 9.47 Å². The first-order valence-electron chi connectivity index (χ1n) is 9.60. The van der Waals surface area contributed by atoms with E-state index in [9.17, 15) is 0 Å². The fourth-order valence-corrected chi connectivity index (χ4v) is 5.39. The van der Waals surface area contributed by atoms with Crippen molar-refractivity contribution in [2.24, 2.45) is 5.92 Å². The molecular formula is C19H32N2O2. The quantitative estimate of drug-likeness (QED) is 0.806. The smallest absolute Gasteiger partial charge is 0.0653 e. The highest BCUT2D eigenvalue weighted by atomic mass is 16.5. The third kappa shape index (κ3) is 2.78. The van der Waals surface area contributed by atoms with Crippen LogP contribution in [-0.4, -0.2) is 62.0 Å². The molecule has 0 aromatic carbocycles. The van der Waals surface area contributed by atoms with Crippen molar-refractivity contribution in [1.29, 1.82) is 0 Å². The third-order valence-corrected chi connectivity index (χ3v) is 7.03. The van der Waals surface area contributed by atoms with Crippen LogP contribution < -0.4 is 5.32 Å². The molecule has 0 saturated carbocycles. The molecule has 2 spiro atoms. The minimum absolute atomic E-state index is 0.269. The van der Waals surface area contributed by atoms with E-state index in [1.807, 2.05) is 0 Å². The SMILES string of the molecule is C[C@H]1CCN(CCCC2=CCNC23CCOCC3)[C@]12CCOC2. The summed E-state index contributed by atoms with van der Waals surface area (Å²) in [5, 5.41) is 3.75. The normalized spacial score (nSPS) is 37.1. The van der Waals surface area contributed by atoms with Crippen LogP contribution >= 0.6 is 0 Å². The lowest BCUT2D eigenvalue weighted by Gasteiger charge is -2.38. The van der Waals surface area contributed by atoms with E-state index >= 15 is 0 Å². The summed E-state index contributed by atoms with van der Waals surface area (Å²) in [4.78, 5) is 2.75. The Labute approximate surface area is 140 Å². The van der Waals surface area contributed by atoms with Crippen molar-refractivity contribution in [3.63, 3.8) is 0 Å². The van der Waals surface area contributed by atoms with Gasteiger partial charge in [-0.25, -0.2) is 0 Å². The van der Waals surface area contributed by atoms with Crippen molar-refractivity contribution in [2.45, 2.75) is 56.5 Å². The first-order chi connectivity index (χ1) is 11.3. The second-order valence-corrected chi connectivity index (χ2v) is 7.99. The van der Waals surface area contributed by atoms with Crippen molar-refractivity contribution >= 4 is 0 Å². The van der Waals surface area contributed by atoms with Crippen LogP contribution in [0.5, 0.6) is 0 Å². The van der Waals surface area contributed by atoms with Crippen LogP contribution in [0.15, 0.2) is 11.6 Å². The third-order valence-electron chi connectivity index (χ3n) is 7.03. The van der Waals surface area contributed by atoms with Gasteiger partial charge in [-0.15, -0.1) is 0 Å². The van der Waals surface area contributed by atoms with Gasteiger partial charge in [-0.3, -0.25) is 4.90 Å². The van der Waals surface area contributed by atoms with Gasteiger partial charge in [-0.05, 0) is 57.5 Å². The molecule has 2 atom stereocenters. The monoisotopic (exact) mass is 320 g/mol. The maximum absolute atomic E-state index is 5.78. The first-order valence-corrected chi connectivity index (χ1v) is 9.60. The molecule has 0 aliphatic carbocycles. The van der Waals surface area contributed by atoms with Crippen molar-refractivity contribution in [3.8, 4) is 0 Å². The molecular weight excluding hydrogens is 288 g/mol. The molecule has 130 valence electrons. The van der Waals surface area contributed by atoms with Crippen molar-refractivity contribution in [3.05, 3.63) is 11.6 Å². The van der Waals surface area contributed by atoms with E-state index in [4.69, 9.17) is 9.47 Å². The number of likely N-dealkylation sites (tertiary alicyclic amines) is 1. The minimum Gasteiger partial charge on any atom is -0.381 e. The lowest BCUT2D eigenvalue weighted by atomic mass is 9.82. The van der Waals surface area contributed by atoms with Crippen LogP contribution in [0.4, 0.5) is 0 Å². The molecule has 3 saturated heterocycles. The number of nitrogens with one attached hydrogen (secondary N) is 1. The van der Waals surface area contributed by atoms with E-state index in [0.29, 0.717) is 5.54 Å². The van der Waals surface area contributed by atoms with E-state index in [1.165, 1.54) is 38.8 Å². The number of nitrogens with zero attached hydrogens (tertiary/aromatic N) is 1. The number of hydrogen-bond donors (Lipinski definition) is 1. The average Bonchev–Trinajstić information content (AvgIpc) is 3.27. The highest BCUT2D eigenvalue weighted by molar-refractivity contribution is 5.27. The van der Waals surface area contributed by atoms with E-state index in [-0.39, 0.29) is 5.54 Å². The second-order valence-electron chi connectivity index (χ2n) is 7.99. The zero-order valence-corrected chi connectivity index (χ0v) is 14.6. The fraction of sp³-hybridized carbons (Fsp3) is 0.895. The molecule has 1 N–H and O–H groups in total. The Bertz CT molecular complexity index is 450. The Kier molecular flexibility index (Phi) is 4.52. The van der Waals surface area contributed by atoms with Gasteiger partial charge in [0, 0.05) is 37.4 Å². The summed E-state index contributed by atoms with van der Waals surface area (Å²) in [6, 6.07) is 0. The fourth-order valence-electron chi connectivity index (χ4n) is 5.39. The predicted octanol–water partition coefficient (Wildman–Crippen LogP) is 2.35. The Morgan fingerprint density at radius 1 is 1.22 bits per heavy atom. The Hall–Kier alpha value is -0.420. The molecule has 3 fully saturated rings. The predicted molar refractivity (Wildman–Crippen MR) is 91.6 cm³/mol. The first kappa shape index (κ1) is 16.1. The Morgan fingerprint density at radius 3 is 2.83 bits per heavy atom. The van der Waals surface area contributed by atoms with Gasteiger partial charge in [0.25, 0.3) is 0 Å². The molecule has 4 nitrogen and oxygen atoms in total. The highest BCUT2D eigenvalue weighted by Crippen LogP contribution is 2.41. The van der Waals surface area contributed by atoms with Crippen molar-refractivity contribution in [2.75, 3.05) is 46.1 Å². The lowest BCUT2D eigenvalue weighted by molar-refractivity contribution is 0.0539. The van der Waals surface area contributed by atoms with Crippen LogP contribution in [0, 0.1) is 5.92 Å². The summed E-state index contributed by atoms with van der Waals surface area (Å²) >= 11 is 0. The highest BCUT2D eigenvalue weighted by Gasteiger charge is 2.48. The van der Waals surface area contributed by atoms with E-state index in [0.717, 1.165) is 51.7 Å². The van der Waals surface area contributed by atoms with Crippen LogP contribution in [0.2, 0.25) is 0 Å². The maximum atomic E-state index is 5.78. The standard InChI is InChI=1S/C19H32N2O2/c1-16-5-11-21(19(16)8-14-23-15-19)10-2-3-17-4-9-20-18(17)6-12-22-13-7-18/h4,16,20H,2-3,5-15H2,1H3/t16-,19-/m0/s1. The molecule has 4 heteroatoms. The molecule has 4 aliphatic rings. The lowest BCUT2D eigenvalue weighted by Crippen LogP contribution is -2.49. The molecule has 0 aromatic heterocycles. The molecule has 4 heterocycles. The Morgan fingerprint density at radius 2 is 2.04 bits per heavy atom. The van der Waals surface area contributed by atoms with Gasteiger partial charge in [0.15, 0.2) is 0 Å². The van der Waals surface area contributed by atoms with Gasteiger partial charge in [-0.2, -0.15) is 0 Å². The number of ether oxygens (including phenoxy) is 2. The zero-order valence-electron chi connectivity index (χ0n) is 14.6. The average molecular weight is 320 g/mol. The van der Waals surface area contributed by atoms with Crippen LogP contribution in [0.3, 0.4) is 0 Å². The summed E-state index contributed by atoms with van der Waals surface area (Å²) in [5.74, 6) is 0.791. The minimum atomic E-state index is 0.269. The molecule has 0 aromatic rings. The summed E-state index contributed by atoms with van der Waals surface area (Å²) in [5.41, 5.74) is 2.29. The van der Waals surface area contributed by atoms with Crippen molar-refractivity contribution in [1.82, 2.24) is 10.2 Å². The summed E-state index contributed by atoms with van der Waals surface area (Å²) < 4.78 is 11.4. The number of rotatable bonds is 4. The largest absolute Gasteiger partial charge is 0.381 e. The summed E-state index contributed by atoms with van der Waals surface area (Å²) in [7, 11) is 0. The molecule has 0 amide bonds. The second kappa shape index (κ2) is 6.47.